The second-order valence-electron chi connectivity index (χ2n) is 3.65. The predicted molar refractivity (Wildman–Crippen MR) is 47.2 cm³/mol. The van der Waals surface area contributed by atoms with Gasteiger partial charge in [0.1, 0.15) is 6.10 Å². The summed E-state index contributed by atoms with van der Waals surface area (Å²) >= 11 is 0. The van der Waals surface area contributed by atoms with Crippen molar-refractivity contribution in [3.63, 3.8) is 0 Å². The van der Waals surface area contributed by atoms with Crippen LogP contribution < -0.4 is 5.32 Å². The summed E-state index contributed by atoms with van der Waals surface area (Å²) in [6, 6.07) is 0.253. The molecule has 1 fully saturated rings. The zero-order chi connectivity index (χ0) is 10.8. The Bertz CT molecular complexity index is 221. The van der Waals surface area contributed by atoms with Crippen LogP contribution in [-0.2, 0) is 9.53 Å². The number of esters is 1. The fraction of sp³-hybridized carbons (Fsp3) is 0.889. The van der Waals surface area contributed by atoms with Gasteiger partial charge in [0.25, 0.3) is 0 Å². The lowest BCUT2D eigenvalue weighted by molar-refractivity contribution is -0.159. The largest absolute Gasteiger partial charge is 0.456 e. The Morgan fingerprint density at radius 3 is 2.79 bits per heavy atom. The molecule has 0 bridgehead atoms. The van der Waals surface area contributed by atoms with Crippen LogP contribution in [0.4, 0.5) is 8.78 Å². The van der Waals surface area contributed by atoms with Crippen molar-refractivity contribution < 1.29 is 18.3 Å². The maximum atomic E-state index is 12.7. The quantitative estimate of drug-likeness (QED) is 0.707. The molecule has 1 heterocycles. The third-order valence-corrected chi connectivity index (χ3v) is 2.36. The SMILES string of the molecule is CCC(C)NCC1CC(F)(F)C(=O)O1. The van der Waals surface area contributed by atoms with Gasteiger partial charge in [-0.2, -0.15) is 8.78 Å². The molecule has 0 radical (unpaired) electrons. The lowest BCUT2D eigenvalue weighted by atomic mass is 10.2. The molecule has 2 atom stereocenters. The summed E-state index contributed by atoms with van der Waals surface area (Å²) in [5, 5.41) is 3.02. The maximum absolute atomic E-state index is 12.7. The van der Waals surface area contributed by atoms with Gasteiger partial charge in [-0.05, 0) is 13.3 Å². The van der Waals surface area contributed by atoms with Crippen LogP contribution in [-0.4, -0.2) is 30.6 Å². The second kappa shape index (κ2) is 4.21. The van der Waals surface area contributed by atoms with Crippen molar-refractivity contribution in [1.29, 1.82) is 0 Å². The van der Waals surface area contributed by atoms with Gasteiger partial charge in [0.05, 0.1) is 6.42 Å². The molecular formula is C9H15F2NO2. The highest BCUT2D eigenvalue weighted by Gasteiger charge is 2.50. The number of carbonyl (C=O) groups excluding carboxylic acids is 1. The number of ether oxygens (including phenoxy) is 1. The van der Waals surface area contributed by atoms with Gasteiger partial charge in [-0.15, -0.1) is 0 Å². The average Bonchev–Trinajstić information content (AvgIpc) is 2.37. The van der Waals surface area contributed by atoms with Crippen molar-refractivity contribution in [1.82, 2.24) is 5.32 Å². The molecule has 3 nitrogen and oxygen atoms in total. The summed E-state index contributed by atoms with van der Waals surface area (Å²) in [4.78, 5) is 10.6. The van der Waals surface area contributed by atoms with Gasteiger partial charge >= 0.3 is 11.9 Å². The molecule has 1 saturated heterocycles. The van der Waals surface area contributed by atoms with Crippen molar-refractivity contribution in [2.24, 2.45) is 0 Å². The van der Waals surface area contributed by atoms with E-state index in [1.807, 2.05) is 13.8 Å². The van der Waals surface area contributed by atoms with E-state index in [2.05, 4.69) is 10.1 Å². The molecule has 0 aliphatic carbocycles. The Kier molecular flexibility index (Phi) is 3.42. The lowest BCUT2D eigenvalue weighted by Crippen LogP contribution is -2.33. The van der Waals surface area contributed by atoms with E-state index in [9.17, 15) is 13.6 Å². The predicted octanol–water partition coefficient (Wildman–Crippen LogP) is 1.33. The molecule has 1 N–H and O–H groups in total. The standard InChI is InChI=1S/C9H15F2NO2/c1-3-6(2)12-5-7-4-9(10,11)8(13)14-7/h6-7,12H,3-5H2,1-2H3. The number of nitrogens with one attached hydrogen (secondary N) is 1. The van der Waals surface area contributed by atoms with Crippen molar-refractivity contribution in [2.75, 3.05) is 6.54 Å². The zero-order valence-corrected chi connectivity index (χ0v) is 8.35. The number of halogens is 2. The van der Waals surface area contributed by atoms with Gasteiger partial charge in [-0.3, -0.25) is 0 Å². The first-order chi connectivity index (χ1) is 6.45. The number of cyclic esters (lactones) is 1. The minimum absolute atomic E-state index is 0.253. The normalized spacial score (nSPS) is 27.4. The first kappa shape index (κ1) is 11.4. The fourth-order valence-corrected chi connectivity index (χ4v) is 1.24. The minimum atomic E-state index is -3.29. The smallest absolute Gasteiger partial charge is 0.377 e. The van der Waals surface area contributed by atoms with Crippen LogP contribution in [0, 0.1) is 0 Å². The van der Waals surface area contributed by atoms with Crippen LogP contribution in [0.25, 0.3) is 0 Å². The molecule has 1 rings (SSSR count). The van der Waals surface area contributed by atoms with Crippen molar-refractivity contribution in [3.05, 3.63) is 0 Å². The second-order valence-corrected chi connectivity index (χ2v) is 3.65. The van der Waals surface area contributed by atoms with Crippen LogP contribution in [0.15, 0.2) is 0 Å². The van der Waals surface area contributed by atoms with E-state index in [0.29, 0.717) is 6.54 Å². The van der Waals surface area contributed by atoms with E-state index in [4.69, 9.17) is 0 Å². The van der Waals surface area contributed by atoms with E-state index in [1.54, 1.807) is 0 Å². The van der Waals surface area contributed by atoms with E-state index < -0.39 is 24.4 Å². The Morgan fingerprint density at radius 1 is 1.71 bits per heavy atom. The summed E-state index contributed by atoms with van der Waals surface area (Å²) in [5.74, 6) is -4.68. The molecule has 0 aromatic carbocycles. The lowest BCUT2D eigenvalue weighted by Gasteiger charge is -2.14. The summed E-state index contributed by atoms with van der Waals surface area (Å²) in [6.07, 6.45) is -0.279. The zero-order valence-electron chi connectivity index (χ0n) is 8.35. The van der Waals surface area contributed by atoms with Crippen LogP contribution in [0.5, 0.6) is 0 Å². The van der Waals surface area contributed by atoms with E-state index >= 15 is 0 Å². The van der Waals surface area contributed by atoms with E-state index in [-0.39, 0.29) is 6.04 Å². The first-order valence-electron chi connectivity index (χ1n) is 4.78. The summed E-state index contributed by atoms with van der Waals surface area (Å²) < 4.78 is 29.9. The van der Waals surface area contributed by atoms with Crippen molar-refractivity contribution in [3.8, 4) is 0 Å². The highest BCUT2D eigenvalue weighted by molar-refractivity contribution is 5.79. The number of rotatable bonds is 4. The minimum Gasteiger partial charge on any atom is -0.456 e. The van der Waals surface area contributed by atoms with Crippen molar-refractivity contribution >= 4 is 5.97 Å². The summed E-state index contributed by atoms with van der Waals surface area (Å²) in [6.45, 7) is 4.25. The molecule has 0 amide bonds. The third-order valence-electron chi connectivity index (χ3n) is 2.36. The van der Waals surface area contributed by atoms with Gasteiger partial charge in [-0.25, -0.2) is 4.79 Å². The highest BCUT2D eigenvalue weighted by Crippen LogP contribution is 2.30. The molecule has 5 heteroatoms. The highest BCUT2D eigenvalue weighted by atomic mass is 19.3. The molecule has 1 aliphatic rings. The Labute approximate surface area is 81.8 Å². The number of hydrogen-bond donors (Lipinski definition) is 1. The van der Waals surface area contributed by atoms with Gasteiger partial charge < -0.3 is 10.1 Å². The Morgan fingerprint density at radius 2 is 2.36 bits per heavy atom. The summed E-state index contributed by atoms with van der Waals surface area (Å²) in [5.41, 5.74) is 0. The monoisotopic (exact) mass is 207 g/mol. The average molecular weight is 207 g/mol. The summed E-state index contributed by atoms with van der Waals surface area (Å²) in [7, 11) is 0. The van der Waals surface area contributed by atoms with Crippen LogP contribution in [0.2, 0.25) is 0 Å². The molecule has 0 aromatic rings. The number of carbonyl (C=O) groups is 1. The molecule has 0 spiro atoms. The maximum Gasteiger partial charge on any atom is 0.377 e. The Hall–Kier alpha value is -0.710. The van der Waals surface area contributed by atoms with Crippen molar-refractivity contribution in [2.45, 2.75) is 44.8 Å². The van der Waals surface area contributed by atoms with Gasteiger partial charge in [0.15, 0.2) is 0 Å². The molecular weight excluding hydrogens is 192 g/mol. The van der Waals surface area contributed by atoms with E-state index in [1.165, 1.54) is 0 Å². The molecule has 2 unspecified atom stereocenters. The van der Waals surface area contributed by atoms with E-state index in [0.717, 1.165) is 6.42 Å². The number of alkyl halides is 2. The fourth-order valence-electron chi connectivity index (χ4n) is 1.24. The number of hydrogen-bond acceptors (Lipinski definition) is 3. The molecule has 0 saturated carbocycles. The molecule has 1 aliphatic heterocycles. The topological polar surface area (TPSA) is 38.3 Å². The Balaban J connectivity index is 2.32. The third kappa shape index (κ3) is 2.64. The van der Waals surface area contributed by atoms with Crippen LogP contribution in [0.1, 0.15) is 26.7 Å². The first-order valence-corrected chi connectivity index (χ1v) is 4.78. The molecule has 0 aromatic heterocycles. The van der Waals surface area contributed by atoms with Crippen LogP contribution in [0.3, 0.4) is 0 Å². The van der Waals surface area contributed by atoms with Gasteiger partial charge in [-0.1, -0.05) is 6.92 Å². The molecule has 82 valence electrons. The van der Waals surface area contributed by atoms with Gasteiger partial charge in [0, 0.05) is 12.6 Å². The molecule has 14 heavy (non-hydrogen) atoms. The van der Waals surface area contributed by atoms with Gasteiger partial charge in [0.2, 0.25) is 0 Å². The van der Waals surface area contributed by atoms with Crippen LogP contribution >= 0.6 is 0 Å².